The molecule has 19 heavy (non-hydrogen) atoms. The van der Waals surface area contributed by atoms with Crippen LogP contribution in [0.3, 0.4) is 0 Å². The molecule has 2 aliphatic rings. The van der Waals surface area contributed by atoms with E-state index in [4.69, 9.17) is 11.6 Å². The summed E-state index contributed by atoms with van der Waals surface area (Å²) in [6.45, 7) is 4.17. The fourth-order valence-corrected chi connectivity index (χ4v) is 2.96. The van der Waals surface area contributed by atoms with E-state index in [-0.39, 0.29) is 18.1 Å². The van der Waals surface area contributed by atoms with Crippen molar-refractivity contribution < 1.29 is 4.79 Å². The average Bonchev–Trinajstić information content (AvgIpc) is 3.12. The molecule has 1 aliphatic carbocycles. The second-order valence-electron chi connectivity index (χ2n) is 5.82. The third-order valence-corrected chi connectivity index (χ3v) is 4.14. The zero-order valence-electron chi connectivity index (χ0n) is 11.3. The highest BCUT2D eigenvalue weighted by molar-refractivity contribution is 6.30. The van der Waals surface area contributed by atoms with Gasteiger partial charge in [-0.05, 0) is 36.5 Å². The molecule has 1 saturated carbocycles. The molecule has 4 heteroatoms. The van der Waals surface area contributed by atoms with Crippen molar-refractivity contribution >= 4 is 17.5 Å². The lowest BCUT2D eigenvalue weighted by molar-refractivity contribution is -0.131. The minimum absolute atomic E-state index is 0.0221. The molecular formula is C15H19ClN2O. The third kappa shape index (κ3) is 2.37. The second kappa shape index (κ2) is 4.80. The van der Waals surface area contributed by atoms with Gasteiger partial charge in [0.05, 0.1) is 6.04 Å². The van der Waals surface area contributed by atoms with Gasteiger partial charge in [0, 0.05) is 11.1 Å². The number of carbonyl (C=O) groups excluding carboxylic acids is 1. The molecule has 0 aromatic heterocycles. The zero-order valence-corrected chi connectivity index (χ0v) is 12.0. The molecule has 2 atom stereocenters. The number of nitrogens with zero attached hydrogens (tertiary/aromatic N) is 1. The van der Waals surface area contributed by atoms with Crippen LogP contribution in [0.2, 0.25) is 5.02 Å². The molecule has 0 spiro atoms. The van der Waals surface area contributed by atoms with Crippen molar-refractivity contribution in [3.63, 3.8) is 0 Å². The standard InChI is InChI=1S/C15H19ClN2O/c1-9(2)13-15(19)18(12-6-7-12)14(17-13)10-4-3-5-11(16)8-10/h3-5,8-9,12-14,17H,6-7H2,1-2H3. The summed E-state index contributed by atoms with van der Waals surface area (Å²) in [7, 11) is 0. The van der Waals surface area contributed by atoms with Crippen molar-refractivity contribution in [2.45, 2.75) is 44.9 Å². The summed E-state index contributed by atoms with van der Waals surface area (Å²) >= 11 is 6.07. The van der Waals surface area contributed by atoms with Crippen molar-refractivity contribution in [2.24, 2.45) is 5.92 Å². The summed E-state index contributed by atoms with van der Waals surface area (Å²) in [5.41, 5.74) is 1.08. The Hall–Kier alpha value is -1.06. The van der Waals surface area contributed by atoms with Gasteiger partial charge < -0.3 is 4.90 Å². The van der Waals surface area contributed by atoms with Crippen LogP contribution in [0, 0.1) is 5.92 Å². The predicted octanol–water partition coefficient (Wildman–Crippen LogP) is 2.96. The van der Waals surface area contributed by atoms with Gasteiger partial charge in [-0.1, -0.05) is 37.6 Å². The lowest BCUT2D eigenvalue weighted by atomic mass is 10.1. The quantitative estimate of drug-likeness (QED) is 0.922. The number of rotatable bonds is 3. The number of carbonyl (C=O) groups is 1. The van der Waals surface area contributed by atoms with Crippen molar-refractivity contribution in [2.75, 3.05) is 0 Å². The van der Waals surface area contributed by atoms with E-state index in [1.165, 1.54) is 0 Å². The van der Waals surface area contributed by atoms with Gasteiger partial charge in [0.2, 0.25) is 5.91 Å². The molecule has 1 heterocycles. The van der Waals surface area contributed by atoms with Crippen molar-refractivity contribution in [3.8, 4) is 0 Å². The highest BCUT2D eigenvalue weighted by Crippen LogP contribution is 2.38. The van der Waals surface area contributed by atoms with Crippen LogP contribution in [-0.4, -0.2) is 22.9 Å². The fraction of sp³-hybridized carbons (Fsp3) is 0.533. The number of hydrogen-bond acceptors (Lipinski definition) is 2. The average molecular weight is 279 g/mol. The number of benzene rings is 1. The normalized spacial score (nSPS) is 27.4. The molecule has 2 unspecified atom stereocenters. The minimum Gasteiger partial charge on any atom is -0.319 e. The second-order valence-corrected chi connectivity index (χ2v) is 6.26. The summed E-state index contributed by atoms with van der Waals surface area (Å²) in [6.07, 6.45) is 2.22. The summed E-state index contributed by atoms with van der Waals surface area (Å²) in [4.78, 5) is 14.6. The summed E-state index contributed by atoms with van der Waals surface area (Å²) in [6, 6.07) is 8.12. The Labute approximate surface area is 118 Å². The molecule has 1 aliphatic heterocycles. The van der Waals surface area contributed by atoms with Gasteiger partial charge in [-0.15, -0.1) is 0 Å². The van der Waals surface area contributed by atoms with Crippen LogP contribution in [0.15, 0.2) is 24.3 Å². The molecule has 1 N–H and O–H groups in total. The number of hydrogen-bond donors (Lipinski definition) is 1. The SMILES string of the molecule is CC(C)C1NC(c2cccc(Cl)c2)N(C2CC2)C1=O. The van der Waals surface area contributed by atoms with Crippen molar-refractivity contribution in [1.82, 2.24) is 10.2 Å². The summed E-state index contributed by atoms with van der Waals surface area (Å²) in [5.74, 6) is 0.542. The molecule has 0 bridgehead atoms. The molecule has 1 saturated heterocycles. The molecular weight excluding hydrogens is 260 g/mol. The van der Waals surface area contributed by atoms with E-state index in [0.717, 1.165) is 23.4 Å². The summed E-state index contributed by atoms with van der Waals surface area (Å²) in [5, 5.41) is 4.19. The Bertz CT molecular complexity index is 499. The smallest absolute Gasteiger partial charge is 0.241 e. The number of nitrogens with one attached hydrogen (secondary N) is 1. The van der Waals surface area contributed by atoms with Crippen LogP contribution < -0.4 is 5.32 Å². The fourth-order valence-electron chi connectivity index (χ4n) is 2.76. The Morgan fingerprint density at radius 3 is 2.68 bits per heavy atom. The lowest BCUT2D eigenvalue weighted by Crippen LogP contribution is -2.35. The van der Waals surface area contributed by atoms with E-state index in [0.29, 0.717) is 12.0 Å². The van der Waals surface area contributed by atoms with Gasteiger partial charge in [-0.2, -0.15) is 0 Å². The highest BCUT2D eigenvalue weighted by Gasteiger charge is 2.47. The van der Waals surface area contributed by atoms with Gasteiger partial charge in [-0.3, -0.25) is 10.1 Å². The first kappa shape index (κ1) is 12.9. The molecule has 3 nitrogen and oxygen atoms in total. The van der Waals surface area contributed by atoms with E-state index in [1.54, 1.807) is 0 Å². The molecule has 2 fully saturated rings. The van der Waals surface area contributed by atoms with E-state index in [1.807, 2.05) is 29.2 Å². The van der Waals surface area contributed by atoms with Crippen LogP contribution in [0.1, 0.15) is 38.4 Å². The van der Waals surface area contributed by atoms with E-state index >= 15 is 0 Å². The minimum atomic E-state index is -0.0791. The maximum absolute atomic E-state index is 12.5. The first-order valence-electron chi connectivity index (χ1n) is 6.91. The van der Waals surface area contributed by atoms with Crippen molar-refractivity contribution in [3.05, 3.63) is 34.9 Å². The molecule has 102 valence electrons. The molecule has 1 aromatic carbocycles. The van der Waals surface area contributed by atoms with Gasteiger partial charge >= 0.3 is 0 Å². The Morgan fingerprint density at radius 1 is 1.37 bits per heavy atom. The molecule has 0 radical (unpaired) electrons. The molecule has 1 amide bonds. The van der Waals surface area contributed by atoms with Gasteiger partial charge in [0.25, 0.3) is 0 Å². The Kier molecular flexibility index (Phi) is 3.27. The van der Waals surface area contributed by atoms with Crippen LogP contribution in [0.5, 0.6) is 0 Å². The van der Waals surface area contributed by atoms with Crippen LogP contribution in [-0.2, 0) is 4.79 Å². The Balaban J connectivity index is 1.92. The Morgan fingerprint density at radius 2 is 2.11 bits per heavy atom. The lowest BCUT2D eigenvalue weighted by Gasteiger charge is -2.24. The monoisotopic (exact) mass is 278 g/mol. The van der Waals surface area contributed by atoms with Gasteiger partial charge in [-0.25, -0.2) is 0 Å². The molecule has 1 aromatic rings. The first-order valence-corrected chi connectivity index (χ1v) is 7.29. The molecule has 3 rings (SSSR count). The maximum Gasteiger partial charge on any atom is 0.241 e. The van der Waals surface area contributed by atoms with Crippen LogP contribution >= 0.6 is 11.6 Å². The number of amides is 1. The van der Waals surface area contributed by atoms with Crippen molar-refractivity contribution in [1.29, 1.82) is 0 Å². The van der Waals surface area contributed by atoms with Gasteiger partial charge in [0.15, 0.2) is 0 Å². The summed E-state index contributed by atoms with van der Waals surface area (Å²) < 4.78 is 0. The largest absolute Gasteiger partial charge is 0.319 e. The zero-order chi connectivity index (χ0) is 13.6. The van der Waals surface area contributed by atoms with Crippen LogP contribution in [0.25, 0.3) is 0 Å². The highest BCUT2D eigenvalue weighted by atomic mass is 35.5. The van der Waals surface area contributed by atoms with E-state index < -0.39 is 0 Å². The maximum atomic E-state index is 12.5. The van der Waals surface area contributed by atoms with E-state index in [9.17, 15) is 4.79 Å². The third-order valence-electron chi connectivity index (χ3n) is 3.91. The topological polar surface area (TPSA) is 32.3 Å². The van der Waals surface area contributed by atoms with Crippen LogP contribution in [0.4, 0.5) is 0 Å². The van der Waals surface area contributed by atoms with Gasteiger partial charge in [0.1, 0.15) is 6.17 Å². The predicted molar refractivity (Wildman–Crippen MR) is 75.8 cm³/mol. The van der Waals surface area contributed by atoms with E-state index in [2.05, 4.69) is 19.2 Å². The number of halogens is 1. The first-order chi connectivity index (χ1) is 9.08.